The molecule has 0 aliphatic carbocycles. The fourth-order valence-corrected chi connectivity index (χ4v) is 3.02. The number of hydrogen-bond donors (Lipinski definition) is 2. The zero-order valence-corrected chi connectivity index (χ0v) is 15.8. The SMILES string of the molecule is CC(NC(=O)c1ccco1)C(=O)NCC(=O)N1CCN(c2ccccc2)CC1. The summed E-state index contributed by atoms with van der Waals surface area (Å²) in [7, 11) is 0. The van der Waals surface area contributed by atoms with E-state index in [0.717, 1.165) is 18.8 Å². The molecule has 2 aromatic rings. The average molecular weight is 384 g/mol. The van der Waals surface area contributed by atoms with Crippen molar-refractivity contribution >= 4 is 23.4 Å². The Bertz CT molecular complexity index is 799. The van der Waals surface area contributed by atoms with Crippen molar-refractivity contribution < 1.29 is 18.8 Å². The predicted molar refractivity (Wildman–Crippen MR) is 104 cm³/mol. The van der Waals surface area contributed by atoms with Crippen LogP contribution in [0.25, 0.3) is 0 Å². The quantitative estimate of drug-likeness (QED) is 0.770. The zero-order valence-electron chi connectivity index (χ0n) is 15.8. The summed E-state index contributed by atoms with van der Waals surface area (Å²) in [6.07, 6.45) is 1.38. The van der Waals surface area contributed by atoms with Gasteiger partial charge < -0.3 is 24.9 Å². The fourth-order valence-electron chi connectivity index (χ4n) is 3.02. The Balaban J connectivity index is 1.40. The third kappa shape index (κ3) is 4.91. The molecule has 1 aliphatic heterocycles. The molecular weight excluding hydrogens is 360 g/mol. The first-order valence-electron chi connectivity index (χ1n) is 9.24. The molecule has 1 aromatic carbocycles. The molecule has 1 unspecified atom stereocenters. The molecule has 1 saturated heterocycles. The highest BCUT2D eigenvalue weighted by Gasteiger charge is 2.23. The lowest BCUT2D eigenvalue weighted by Crippen LogP contribution is -2.52. The van der Waals surface area contributed by atoms with Crippen LogP contribution in [-0.2, 0) is 9.59 Å². The second-order valence-electron chi connectivity index (χ2n) is 6.59. The van der Waals surface area contributed by atoms with Crippen LogP contribution >= 0.6 is 0 Å². The molecular formula is C20H24N4O4. The lowest BCUT2D eigenvalue weighted by atomic mass is 10.2. The first-order chi connectivity index (χ1) is 13.5. The zero-order chi connectivity index (χ0) is 19.9. The van der Waals surface area contributed by atoms with Crippen LogP contribution in [0.1, 0.15) is 17.5 Å². The summed E-state index contributed by atoms with van der Waals surface area (Å²) < 4.78 is 4.99. The molecule has 3 amide bonds. The van der Waals surface area contributed by atoms with Crippen LogP contribution in [0, 0.1) is 0 Å². The summed E-state index contributed by atoms with van der Waals surface area (Å²) in [6.45, 7) is 4.17. The molecule has 8 heteroatoms. The molecule has 1 fully saturated rings. The highest BCUT2D eigenvalue weighted by atomic mass is 16.3. The standard InChI is InChI=1S/C20H24N4O4/c1-15(22-20(27)17-8-5-13-28-17)19(26)21-14-18(25)24-11-9-23(10-12-24)16-6-3-2-4-7-16/h2-8,13,15H,9-12,14H2,1H3,(H,21,26)(H,22,27). The number of nitrogens with one attached hydrogen (secondary N) is 2. The molecule has 0 saturated carbocycles. The lowest BCUT2D eigenvalue weighted by Gasteiger charge is -2.36. The highest BCUT2D eigenvalue weighted by Crippen LogP contribution is 2.15. The van der Waals surface area contributed by atoms with Gasteiger partial charge in [-0.15, -0.1) is 0 Å². The van der Waals surface area contributed by atoms with E-state index in [0.29, 0.717) is 13.1 Å². The van der Waals surface area contributed by atoms with Crippen molar-refractivity contribution in [1.29, 1.82) is 0 Å². The molecule has 0 spiro atoms. The first-order valence-corrected chi connectivity index (χ1v) is 9.24. The maximum absolute atomic E-state index is 12.4. The number of rotatable bonds is 6. The second kappa shape index (κ2) is 9.07. The molecule has 1 aromatic heterocycles. The van der Waals surface area contributed by atoms with Crippen molar-refractivity contribution in [1.82, 2.24) is 15.5 Å². The van der Waals surface area contributed by atoms with Crippen molar-refractivity contribution in [2.24, 2.45) is 0 Å². The van der Waals surface area contributed by atoms with Crippen molar-refractivity contribution in [2.45, 2.75) is 13.0 Å². The largest absolute Gasteiger partial charge is 0.459 e. The smallest absolute Gasteiger partial charge is 0.287 e. The molecule has 0 radical (unpaired) electrons. The highest BCUT2D eigenvalue weighted by molar-refractivity contribution is 5.96. The molecule has 1 atom stereocenters. The summed E-state index contributed by atoms with van der Waals surface area (Å²) in [6, 6.07) is 12.4. The number of hydrogen-bond acceptors (Lipinski definition) is 5. The third-order valence-electron chi connectivity index (χ3n) is 4.65. The number of para-hydroxylation sites is 1. The van der Waals surface area contributed by atoms with Gasteiger partial charge in [0.1, 0.15) is 6.04 Å². The molecule has 2 N–H and O–H groups in total. The Morgan fingerprint density at radius 1 is 1.04 bits per heavy atom. The fraction of sp³-hybridized carbons (Fsp3) is 0.350. The van der Waals surface area contributed by atoms with Crippen molar-refractivity contribution in [2.75, 3.05) is 37.6 Å². The molecule has 148 valence electrons. The number of amides is 3. The molecule has 1 aliphatic rings. The van der Waals surface area contributed by atoms with Crippen molar-refractivity contribution in [3.8, 4) is 0 Å². The average Bonchev–Trinajstić information content (AvgIpc) is 3.27. The van der Waals surface area contributed by atoms with Crippen LogP contribution < -0.4 is 15.5 Å². The molecule has 0 bridgehead atoms. The number of piperazine rings is 1. The second-order valence-corrected chi connectivity index (χ2v) is 6.59. The van der Waals surface area contributed by atoms with Gasteiger partial charge in [0.05, 0.1) is 12.8 Å². The van der Waals surface area contributed by atoms with Gasteiger partial charge in [0.15, 0.2) is 5.76 Å². The van der Waals surface area contributed by atoms with E-state index in [4.69, 9.17) is 4.42 Å². The van der Waals surface area contributed by atoms with E-state index in [-0.39, 0.29) is 18.2 Å². The van der Waals surface area contributed by atoms with Crippen LogP contribution in [0.3, 0.4) is 0 Å². The first kappa shape index (κ1) is 19.5. The Morgan fingerprint density at radius 3 is 2.39 bits per heavy atom. The topological polar surface area (TPSA) is 94.9 Å². The number of benzene rings is 1. The molecule has 2 heterocycles. The molecule has 8 nitrogen and oxygen atoms in total. The van der Waals surface area contributed by atoms with Gasteiger partial charge in [0, 0.05) is 31.9 Å². The minimum absolute atomic E-state index is 0.0921. The number of furan rings is 1. The van der Waals surface area contributed by atoms with Crippen LogP contribution in [0.4, 0.5) is 5.69 Å². The van der Waals surface area contributed by atoms with Crippen LogP contribution in [0.5, 0.6) is 0 Å². The van der Waals surface area contributed by atoms with E-state index < -0.39 is 17.9 Å². The van der Waals surface area contributed by atoms with E-state index in [1.165, 1.54) is 12.3 Å². The number of carbonyl (C=O) groups is 3. The van der Waals surface area contributed by atoms with Gasteiger partial charge in [-0.05, 0) is 31.2 Å². The van der Waals surface area contributed by atoms with E-state index in [1.807, 2.05) is 18.2 Å². The van der Waals surface area contributed by atoms with Gasteiger partial charge in [0.25, 0.3) is 5.91 Å². The van der Waals surface area contributed by atoms with Gasteiger partial charge in [-0.1, -0.05) is 18.2 Å². The van der Waals surface area contributed by atoms with E-state index in [2.05, 4.69) is 27.7 Å². The minimum atomic E-state index is -0.777. The Labute approximate surface area is 163 Å². The van der Waals surface area contributed by atoms with Gasteiger partial charge >= 0.3 is 0 Å². The van der Waals surface area contributed by atoms with Crippen molar-refractivity contribution in [3.63, 3.8) is 0 Å². The van der Waals surface area contributed by atoms with Gasteiger partial charge in [0.2, 0.25) is 11.8 Å². The predicted octanol–water partition coefficient (Wildman–Crippen LogP) is 0.863. The Morgan fingerprint density at radius 2 is 1.75 bits per heavy atom. The van der Waals surface area contributed by atoms with Gasteiger partial charge in [-0.25, -0.2) is 0 Å². The summed E-state index contributed by atoms with van der Waals surface area (Å²) >= 11 is 0. The van der Waals surface area contributed by atoms with Crippen LogP contribution in [0.2, 0.25) is 0 Å². The monoisotopic (exact) mass is 384 g/mol. The molecule has 3 rings (SSSR count). The number of anilines is 1. The summed E-state index contributed by atoms with van der Waals surface area (Å²) in [4.78, 5) is 40.4. The Kier molecular flexibility index (Phi) is 6.31. The minimum Gasteiger partial charge on any atom is -0.459 e. The molecule has 28 heavy (non-hydrogen) atoms. The third-order valence-corrected chi connectivity index (χ3v) is 4.65. The number of carbonyl (C=O) groups excluding carboxylic acids is 3. The number of nitrogens with zero attached hydrogens (tertiary/aromatic N) is 2. The van der Waals surface area contributed by atoms with Gasteiger partial charge in [-0.3, -0.25) is 14.4 Å². The Hall–Kier alpha value is -3.29. The maximum Gasteiger partial charge on any atom is 0.287 e. The van der Waals surface area contributed by atoms with E-state index in [9.17, 15) is 14.4 Å². The summed E-state index contributed by atoms with van der Waals surface area (Å²) in [5.74, 6) is -0.898. The van der Waals surface area contributed by atoms with Crippen molar-refractivity contribution in [3.05, 3.63) is 54.5 Å². The van der Waals surface area contributed by atoms with Crippen LogP contribution in [-0.4, -0.2) is 61.4 Å². The van der Waals surface area contributed by atoms with Crippen LogP contribution in [0.15, 0.2) is 53.1 Å². The summed E-state index contributed by atoms with van der Waals surface area (Å²) in [5.41, 5.74) is 1.14. The lowest BCUT2D eigenvalue weighted by molar-refractivity contribution is -0.133. The summed E-state index contributed by atoms with van der Waals surface area (Å²) in [5, 5.41) is 5.12. The van der Waals surface area contributed by atoms with E-state index in [1.54, 1.807) is 17.9 Å². The maximum atomic E-state index is 12.4. The van der Waals surface area contributed by atoms with Gasteiger partial charge in [-0.2, -0.15) is 0 Å². The van der Waals surface area contributed by atoms with E-state index >= 15 is 0 Å². The normalized spacial score (nSPS) is 15.0.